The van der Waals surface area contributed by atoms with Gasteiger partial charge in [0, 0.05) is 24.4 Å². The molecule has 3 N–H and O–H groups in total. The highest BCUT2D eigenvalue weighted by atomic mass is 32.2. The molecule has 0 aromatic carbocycles. The monoisotopic (exact) mass is 523 g/mol. The van der Waals surface area contributed by atoms with Crippen LogP contribution in [0.25, 0.3) is 10.8 Å². The topological polar surface area (TPSA) is 112 Å². The van der Waals surface area contributed by atoms with Gasteiger partial charge in [-0.2, -0.15) is 11.8 Å². The standard InChI is InChI=1S/C28H37N5O3S/c1-16-7-8-24(33-26(16)17(2)28(4,5)35-15-34)32-25-11-21-22(18(3)29)12-31-27(23(21)13-30-25)36-20-9-19(10-20)14-37-6/h7-8,11-13,15,17-20H,9-10,14,29H2,1-6H3,(H,30,32,33). The maximum absolute atomic E-state index is 11.0. The van der Waals surface area contributed by atoms with E-state index in [9.17, 15) is 4.79 Å². The summed E-state index contributed by atoms with van der Waals surface area (Å²) in [4.78, 5) is 25.1. The van der Waals surface area contributed by atoms with Gasteiger partial charge in [0.25, 0.3) is 6.47 Å². The lowest BCUT2D eigenvalue weighted by molar-refractivity contribution is -0.142. The van der Waals surface area contributed by atoms with Crippen LogP contribution in [0.5, 0.6) is 5.88 Å². The molecule has 0 saturated heterocycles. The maximum atomic E-state index is 11.0. The van der Waals surface area contributed by atoms with Gasteiger partial charge >= 0.3 is 0 Å². The summed E-state index contributed by atoms with van der Waals surface area (Å²) in [7, 11) is 0. The average molecular weight is 524 g/mol. The number of rotatable bonds is 11. The van der Waals surface area contributed by atoms with Crippen molar-refractivity contribution in [2.45, 2.75) is 71.1 Å². The molecule has 3 aromatic rings. The maximum Gasteiger partial charge on any atom is 0.293 e. The van der Waals surface area contributed by atoms with Gasteiger partial charge in [-0.3, -0.25) is 4.79 Å². The first-order chi connectivity index (χ1) is 17.6. The summed E-state index contributed by atoms with van der Waals surface area (Å²) < 4.78 is 11.6. The van der Waals surface area contributed by atoms with Crippen LogP contribution in [0.2, 0.25) is 0 Å². The first kappa shape index (κ1) is 27.1. The van der Waals surface area contributed by atoms with E-state index < -0.39 is 5.60 Å². The summed E-state index contributed by atoms with van der Waals surface area (Å²) in [6.07, 6.45) is 8.05. The summed E-state index contributed by atoms with van der Waals surface area (Å²) >= 11 is 1.88. The molecule has 2 atom stereocenters. The van der Waals surface area contributed by atoms with Crippen molar-refractivity contribution in [3.63, 3.8) is 0 Å². The fourth-order valence-electron chi connectivity index (χ4n) is 4.70. The summed E-state index contributed by atoms with van der Waals surface area (Å²) in [5, 5.41) is 5.15. The van der Waals surface area contributed by atoms with Crippen LogP contribution in [0.3, 0.4) is 0 Å². The van der Waals surface area contributed by atoms with Crippen LogP contribution in [-0.2, 0) is 9.53 Å². The van der Waals surface area contributed by atoms with Crippen LogP contribution in [0.4, 0.5) is 11.6 Å². The van der Waals surface area contributed by atoms with Crippen LogP contribution in [-0.4, -0.2) is 45.1 Å². The SMILES string of the molecule is CSCC1CC(Oc2ncc(C(C)N)c3cc(Nc4ccc(C)c(C(C)C(C)(C)OC=O)n4)ncc23)C1. The number of hydrogen-bond donors (Lipinski definition) is 2. The number of thioether (sulfide) groups is 1. The van der Waals surface area contributed by atoms with E-state index in [0.717, 1.165) is 40.4 Å². The number of carbonyl (C=O) groups is 1. The Hall–Kier alpha value is -2.91. The highest BCUT2D eigenvalue weighted by Gasteiger charge is 2.32. The molecular formula is C28H37N5O3S. The van der Waals surface area contributed by atoms with Gasteiger partial charge in [-0.05, 0) is 87.1 Å². The molecule has 0 radical (unpaired) electrons. The highest BCUT2D eigenvalue weighted by Crippen LogP contribution is 2.37. The fourth-order valence-corrected chi connectivity index (χ4v) is 5.44. The summed E-state index contributed by atoms with van der Waals surface area (Å²) in [5.74, 6) is 3.68. The number of hydrogen-bond acceptors (Lipinski definition) is 9. The Balaban J connectivity index is 1.61. The quantitative estimate of drug-likeness (QED) is 0.307. The molecule has 0 amide bonds. The van der Waals surface area contributed by atoms with Gasteiger partial charge in [0.1, 0.15) is 23.3 Å². The number of carbonyl (C=O) groups excluding carboxylic acids is 1. The Morgan fingerprint density at radius 3 is 2.62 bits per heavy atom. The molecule has 9 heteroatoms. The van der Waals surface area contributed by atoms with E-state index in [2.05, 4.69) is 21.5 Å². The second kappa shape index (κ2) is 11.2. The summed E-state index contributed by atoms with van der Waals surface area (Å²) in [5.41, 5.74) is 8.40. The van der Waals surface area contributed by atoms with E-state index >= 15 is 0 Å². The molecule has 3 heterocycles. The van der Waals surface area contributed by atoms with Crippen LogP contribution in [0, 0.1) is 12.8 Å². The van der Waals surface area contributed by atoms with Crippen molar-refractivity contribution in [1.29, 1.82) is 0 Å². The second-order valence-corrected chi connectivity index (χ2v) is 11.4. The van der Waals surface area contributed by atoms with Gasteiger partial charge in [-0.25, -0.2) is 15.0 Å². The first-order valence-electron chi connectivity index (χ1n) is 12.7. The molecule has 4 rings (SSSR count). The third kappa shape index (κ3) is 5.99. The minimum absolute atomic E-state index is 0.110. The number of fused-ring (bicyclic) bond motifs is 1. The minimum Gasteiger partial charge on any atom is -0.474 e. The third-order valence-corrected chi connectivity index (χ3v) is 8.13. The molecule has 0 spiro atoms. The van der Waals surface area contributed by atoms with Crippen LogP contribution in [0.15, 0.2) is 30.6 Å². The van der Waals surface area contributed by atoms with E-state index in [-0.39, 0.29) is 18.1 Å². The largest absolute Gasteiger partial charge is 0.474 e. The molecule has 198 valence electrons. The van der Waals surface area contributed by atoms with E-state index in [1.54, 1.807) is 6.20 Å². The number of nitrogens with two attached hydrogens (primary N) is 1. The zero-order valence-corrected chi connectivity index (χ0v) is 23.3. The minimum atomic E-state index is -0.690. The number of pyridine rings is 3. The Morgan fingerprint density at radius 1 is 1.19 bits per heavy atom. The van der Waals surface area contributed by atoms with Gasteiger partial charge in [0.15, 0.2) is 0 Å². The van der Waals surface area contributed by atoms with E-state index in [1.165, 1.54) is 5.75 Å². The predicted molar refractivity (Wildman–Crippen MR) is 150 cm³/mol. The summed E-state index contributed by atoms with van der Waals surface area (Å²) in [6, 6.07) is 5.70. The molecule has 3 aromatic heterocycles. The number of nitrogens with zero attached hydrogens (tertiary/aromatic N) is 3. The Labute approximate surface area is 223 Å². The predicted octanol–water partition coefficient (Wildman–Crippen LogP) is 5.67. The molecule has 1 aliphatic rings. The number of aromatic nitrogens is 3. The Bertz CT molecular complexity index is 1260. The van der Waals surface area contributed by atoms with Crippen LogP contribution in [0.1, 0.15) is 69.3 Å². The Kier molecular flexibility index (Phi) is 8.23. The van der Waals surface area contributed by atoms with Crippen LogP contribution < -0.4 is 15.8 Å². The molecule has 2 unspecified atom stereocenters. The number of nitrogens with one attached hydrogen (secondary N) is 1. The van der Waals surface area contributed by atoms with Gasteiger partial charge in [-0.1, -0.05) is 13.0 Å². The van der Waals surface area contributed by atoms with Crippen molar-refractivity contribution in [2.75, 3.05) is 17.3 Å². The average Bonchev–Trinajstić information content (AvgIpc) is 2.83. The molecule has 1 aliphatic carbocycles. The lowest BCUT2D eigenvalue weighted by Gasteiger charge is -2.34. The van der Waals surface area contributed by atoms with Gasteiger partial charge in [0.2, 0.25) is 5.88 Å². The zero-order valence-electron chi connectivity index (χ0n) is 22.4. The lowest BCUT2D eigenvalue weighted by Crippen LogP contribution is -2.35. The molecule has 0 bridgehead atoms. The van der Waals surface area contributed by atoms with Crippen molar-refractivity contribution >= 4 is 40.6 Å². The molecular weight excluding hydrogens is 486 g/mol. The fraction of sp³-hybridized carbons (Fsp3) is 0.500. The van der Waals surface area contributed by atoms with Gasteiger partial charge < -0.3 is 20.5 Å². The van der Waals surface area contributed by atoms with Crippen molar-refractivity contribution in [2.24, 2.45) is 11.7 Å². The molecule has 0 aliphatic heterocycles. The molecule has 8 nitrogen and oxygen atoms in total. The molecule has 1 saturated carbocycles. The van der Waals surface area contributed by atoms with Crippen molar-refractivity contribution < 1.29 is 14.3 Å². The second-order valence-electron chi connectivity index (χ2n) is 10.5. The van der Waals surface area contributed by atoms with Crippen molar-refractivity contribution in [3.05, 3.63) is 47.4 Å². The van der Waals surface area contributed by atoms with Crippen molar-refractivity contribution in [3.8, 4) is 5.88 Å². The first-order valence-corrected chi connectivity index (χ1v) is 14.1. The van der Waals surface area contributed by atoms with E-state index in [0.29, 0.717) is 29.9 Å². The number of ether oxygens (including phenoxy) is 2. The molecule has 1 fully saturated rings. The van der Waals surface area contributed by atoms with Crippen molar-refractivity contribution in [1.82, 2.24) is 15.0 Å². The number of aryl methyl sites for hydroxylation is 1. The van der Waals surface area contributed by atoms with Crippen LogP contribution >= 0.6 is 11.8 Å². The van der Waals surface area contributed by atoms with Gasteiger partial charge in [0.05, 0.1) is 11.1 Å². The zero-order chi connectivity index (χ0) is 26.7. The number of anilines is 2. The van der Waals surface area contributed by atoms with Gasteiger partial charge in [-0.15, -0.1) is 0 Å². The molecule has 37 heavy (non-hydrogen) atoms. The normalized spacial score (nSPS) is 19.1. The lowest BCUT2D eigenvalue weighted by atomic mass is 9.84. The van der Waals surface area contributed by atoms with E-state index in [1.807, 2.05) is 70.8 Å². The highest BCUT2D eigenvalue weighted by molar-refractivity contribution is 7.98. The van der Waals surface area contributed by atoms with E-state index in [4.69, 9.17) is 20.2 Å². The summed E-state index contributed by atoms with van der Waals surface area (Å²) in [6.45, 7) is 10.2. The smallest absolute Gasteiger partial charge is 0.293 e. The Morgan fingerprint density at radius 2 is 1.95 bits per heavy atom. The third-order valence-electron chi connectivity index (χ3n) is 7.33.